The Balaban J connectivity index is 1.90. The summed E-state index contributed by atoms with van der Waals surface area (Å²) in [5.74, 6) is -0.471. The number of likely N-dealkylation sites (tertiary alicyclic amines) is 1. The van der Waals surface area contributed by atoms with E-state index in [4.69, 9.17) is 5.11 Å². The Labute approximate surface area is 106 Å². The van der Waals surface area contributed by atoms with Gasteiger partial charge in [-0.15, -0.1) is 0 Å². The number of aliphatic hydroxyl groups excluding tert-OH is 1. The standard InChI is InChI=1S/C12H20N2O4/c1-2-9(11(16)17)13-12(18)14-5-7-3-4-10(15)8(7)6-14/h7-10,15H,2-6H2,1H3,(H,13,18)(H,16,17)/t7?,8?,9-,10?/m0/s1. The van der Waals surface area contributed by atoms with Gasteiger partial charge in [-0.05, 0) is 25.2 Å². The van der Waals surface area contributed by atoms with Crippen molar-refractivity contribution in [2.75, 3.05) is 13.1 Å². The van der Waals surface area contributed by atoms with Gasteiger partial charge in [0.15, 0.2) is 0 Å². The monoisotopic (exact) mass is 256 g/mol. The van der Waals surface area contributed by atoms with Crippen LogP contribution in [0.15, 0.2) is 0 Å². The van der Waals surface area contributed by atoms with E-state index in [1.165, 1.54) is 0 Å². The second-order valence-electron chi connectivity index (χ2n) is 5.22. The Bertz CT molecular complexity index is 347. The highest BCUT2D eigenvalue weighted by atomic mass is 16.4. The van der Waals surface area contributed by atoms with E-state index < -0.39 is 12.0 Å². The number of carbonyl (C=O) groups excluding carboxylic acids is 1. The summed E-state index contributed by atoms with van der Waals surface area (Å²) in [6.45, 7) is 2.89. The molecule has 2 rings (SSSR count). The molecule has 0 aromatic heterocycles. The molecule has 6 heteroatoms. The van der Waals surface area contributed by atoms with Gasteiger partial charge in [0.2, 0.25) is 0 Å². The molecule has 6 nitrogen and oxygen atoms in total. The first-order chi connectivity index (χ1) is 8.52. The molecule has 0 radical (unpaired) electrons. The smallest absolute Gasteiger partial charge is 0.326 e. The summed E-state index contributed by atoms with van der Waals surface area (Å²) in [5, 5.41) is 21.2. The van der Waals surface area contributed by atoms with Gasteiger partial charge in [-0.1, -0.05) is 6.92 Å². The molecule has 2 amide bonds. The highest BCUT2D eigenvalue weighted by Gasteiger charge is 2.43. The van der Waals surface area contributed by atoms with Crippen molar-refractivity contribution in [1.29, 1.82) is 0 Å². The molecule has 1 heterocycles. The fourth-order valence-electron chi connectivity index (χ4n) is 2.98. The Morgan fingerprint density at radius 2 is 2.11 bits per heavy atom. The first kappa shape index (κ1) is 13.1. The first-order valence-corrected chi connectivity index (χ1v) is 6.49. The maximum absolute atomic E-state index is 11.9. The predicted molar refractivity (Wildman–Crippen MR) is 64.0 cm³/mol. The molecular formula is C12H20N2O4. The van der Waals surface area contributed by atoms with Crippen LogP contribution in [0.25, 0.3) is 0 Å². The van der Waals surface area contributed by atoms with Gasteiger partial charge in [0.05, 0.1) is 6.10 Å². The minimum Gasteiger partial charge on any atom is -0.480 e. The van der Waals surface area contributed by atoms with Crippen molar-refractivity contribution < 1.29 is 19.8 Å². The number of carboxylic acid groups (broad SMARTS) is 1. The summed E-state index contributed by atoms with van der Waals surface area (Å²) in [6.07, 6.45) is 1.82. The van der Waals surface area contributed by atoms with Crippen molar-refractivity contribution in [3.8, 4) is 0 Å². The van der Waals surface area contributed by atoms with E-state index in [9.17, 15) is 14.7 Å². The molecular weight excluding hydrogens is 236 g/mol. The number of nitrogens with zero attached hydrogens (tertiary/aromatic N) is 1. The number of carbonyl (C=O) groups is 2. The van der Waals surface area contributed by atoms with Gasteiger partial charge in [-0.2, -0.15) is 0 Å². The van der Waals surface area contributed by atoms with Crippen LogP contribution >= 0.6 is 0 Å². The van der Waals surface area contributed by atoms with Gasteiger partial charge >= 0.3 is 12.0 Å². The highest BCUT2D eigenvalue weighted by molar-refractivity contribution is 5.82. The zero-order valence-electron chi connectivity index (χ0n) is 10.5. The quantitative estimate of drug-likeness (QED) is 0.675. The maximum Gasteiger partial charge on any atom is 0.326 e. The van der Waals surface area contributed by atoms with E-state index in [-0.39, 0.29) is 18.1 Å². The predicted octanol–water partition coefficient (Wildman–Crippen LogP) is 0.262. The summed E-state index contributed by atoms with van der Waals surface area (Å²) in [6, 6.07) is -1.16. The van der Waals surface area contributed by atoms with Gasteiger partial charge in [0, 0.05) is 19.0 Å². The van der Waals surface area contributed by atoms with Crippen molar-refractivity contribution in [3.63, 3.8) is 0 Å². The topological polar surface area (TPSA) is 89.9 Å². The third kappa shape index (κ3) is 2.43. The number of carboxylic acids is 1. The van der Waals surface area contributed by atoms with Crippen molar-refractivity contribution in [3.05, 3.63) is 0 Å². The van der Waals surface area contributed by atoms with E-state index in [1.807, 2.05) is 0 Å². The van der Waals surface area contributed by atoms with Gasteiger partial charge in [-0.25, -0.2) is 9.59 Å². The lowest BCUT2D eigenvalue weighted by molar-refractivity contribution is -0.139. The second-order valence-corrected chi connectivity index (χ2v) is 5.22. The Kier molecular flexibility index (Phi) is 3.75. The third-order valence-electron chi connectivity index (χ3n) is 4.11. The molecule has 0 aromatic rings. The van der Waals surface area contributed by atoms with Crippen LogP contribution in [0.3, 0.4) is 0 Å². The first-order valence-electron chi connectivity index (χ1n) is 6.49. The molecule has 0 aromatic carbocycles. The van der Waals surface area contributed by atoms with Gasteiger partial charge in [-0.3, -0.25) is 0 Å². The zero-order valence-corrected chi connectivity index (χ0v) is 10.5. The van der Waals surface area contributed by atoms with E-state index in [0.717, 1.165) is 12.8 Å². The average molecular weight is 256 g/mol. The molecule has 102 valence electrons. The lowest BCUT2D eigenvalue weighted by Crippen LogP contribution is -2.47. The number of nitrogens with one attached hydrogen (secondary N) is 1. The van der Waals surface area contributed by atoms with Gasteiger partial charge in [0.1, 0.15) is 6.04 Å². The Morgan fingerprint density at radius 1 is 1.39 bits per heavy atom. The Hall–Kier alpha value is -1.30. The molecule has 1 aliphatic carbocycles. The van der Waals surface area contributed by atoms with Crippen LogP contribution in [0.5, 0.6) is 0 Å². The van der Waals surface area contributed by atoms with Crippen LogP contribution in [0, 0.1) is 11.8 Å². The van der Waals surface area contributed by atoms with Crippen LogP contribution in [-0.2, 0) is 4.79 Å². The molecule has 1 saturated heterocycles. The minimum atomic E-state index is -1.01. The molecule has 1 saturated carbocycles. The number of aliphatic carboxylic acids is 1. The van der Waals surface area contributed by atoms with Crippen LogP contribution in [0.2, 0.25) is 0 Å². The van der Waals surface area contributed by atoms with Gasteiger partial charge < -0.3 is 20.4 Å². The van der Waals surface area contributed by atoms with Crippen molar-refractivity contribution >= 4 is 12.0 Å². The van der Waals surface area contributed by atoms with Crippen molar-refractivity contribution in [2.24, 2.45) is 11.8 Å². The molecule has 2 fully saturated rings. The number of fused-ring (bicyclic) bond motifs is 1. The molecule has 18 heavy (non-hydrogen) atoms. The third-order valence-corrected chi connectivity index (χ3v) is 4.11. The molecule has 3 N–H and O–H groups in total. The van der Waals surface area contributed by atoms with Crippen molar-refractivity contribution in [1.82, 2.24) is 10.2 Å². The molecule has 4 atom stereocenters. The van der Waals surface area contributed by atoms with E-state index >= 15 is 0 Å². The summed E-state index contributed by atoms with van der Waals surface area (Å²) < 4.78 is 0. The fourth-order valence-corrected chi connectivity index (χ4v) is 2.98. The summed E-state index contributed by atoms with van der Waals surface area (Å²) >= 11 is 0. The fraction of sp³-hybridized carbons (Fsp3) is 0.833. The number of rotatable bonds is 3. The van der Waals surface area contributed by atoms with E-state index in [2.05, 4.69) is 5.32 Å². The summed E-state index contributed by atoms with van der Waals surface area (Å²) in [5.41, 5.74) is 0. The highest BCUT2D eigenvalue weighted by Crippen LogP contribution is 2.37. The normalized spacial score (nSPS) is 32.1. The lowest BCUT2D eigenvalue weighted by atomic mass is 10.00. The number of amides is 2. The van der Waals surface area contributed by atoms with Gasteiger partial charge in [0.25, 0.3) is 0 Å². The lowest BCUT2D eigenvalue weighted by Gasteiger charge is -2.21. The number of hydrogen-bond acceptors (Lipinski definition) is 3. The van der Waals surface area contributed by atoms with Crippen LogP contribution < -0.4 is 5.32 Å². The molecule has 1 aliphatic heterocycles. The van der Waals surface area contributed by atoms with Crippen LogP contribution in [-0.4, -0.2) is 52.3 Å². The Morgan fingerprint density at radius 3 is 2.67 bits per heavy atom. The summed E-state index contributed by atoms with van der Waals surface area (Å²) in [4.78, 5) is 24.4. The molecule has 0 spiro atoms. The van der Waals surface area contributed by atoms with E-state index in [0.29, 0.717) is 25.4 Å². The second kappa shape index (κ2) is 5.14. The molecule has 2 aliphatic rings. The maximum atomic E-state index is 11.9. The van der Waals surface area contributed by atoms with Crippen molar-refractivity contribution in [2.45, 2.75) is 38.3 Å². The average Bonchev–Trinajstić information content (AvgIpc) is 2.88. The SMILES string of the molecule is CC[C@H](NC(=O)N1CC2CCC(O)C2C1)C(=O)O. The zero-order chi connectivity index (χ0) is 13.3. The largest absolute Gasteiger partial charge is 0.480 e. The van der Waals surface area contributed by atoms with Crippen LogP contribution in [0.1, 0.15) is 26.2 Å². The summed E-state index contributed by atoms with van der Waals surface area (Å²) in [7, 11) is 0. The van der Waals surface area contributed by atoms with E-state index in [1.54, 1.807) is 11.8 Å². The molecule has 0 bridgehead atoms. The number of aliphatic hydroxyl groups is 1. The number of urea groups is 1. The molecule has 3 unspecified atom stereocenters. The number of hydrogen-bond donors (Lipinski definition) is 3. The van der Waals surface area contributed by atoms with Crippen LogP contribution in [0.4, 0.5) is 4.79 Å². The minimum absolute atomic E-state index is 0.167.